The van der Waals surface area contributed by atoms with Gasteiger partial charge in [-0.2, -0.15) is 5.26 Å². The molecule has 2 heterocycles. The van der Waals surface area contributed by atoms with Crippen LogP contribution in [0.4, 0.5) is 10.5 Å². The first-order valence-corrected chi connectivity index (χ1v) is 8.30. The topological polar surface area (TPSA) is 107 Å². The van der Waals surface area contributed by atoms with Gasteiger partial charge in [-0.15, -0.1) is 0 Å². The zero-order chi connectivity index (χ0) is 19.6. The van der Waals surface area contributed by atoms with Crippen LogP contribution in [0.5, 0.6) is 0 Å². The molecule has 27 heavy (non-hydrogen) atoms. The number of aryl methyl sites for hydroxylation is 1. The van der Waals surface area contributed by atoms with Gasteiger partial charge >= 0.3 is 6.03 Å². The lowest BCUT2D eigenvalue weighted by atomic mass is 9.99. The molecule has 4 amide bonds. The summed E-state index contributed by atoms with van der Waals surface area (Å²) < 4.78 is 5.50. The molecule has 1 aliphatic heterocycles. The smallest absolute Gasteiger partial charge is 0.325 e. The summed E-state index contributed by atoms with van der Waals surface area (Å²) in [5, 5.41) is 11.6. The lowest BCUT2D eigenvalue weighted by Gasteiger charge is -2.23. The first kappa shape index (κ1) is 18.2. The first-order chi connectivity index (χ1) is 12.9. The fraction of sp³-hybridized carbons (Fsp3) is 0.263. The van der Waals surface area contributed by atoms with E-state index in [2.05, 4.69) is 5.32 Å². The van der Waals surface area contributed by atoms with Gasteiger partial charge in [0, 0.05) is 5.69 Å². The molecule has 1 aromatic heterocycles. The van der Waals surface area contributed by atoms with E-state index in [0.717, 1.165) is 4.90 Å². The number of furan rings is 1. The van der Waals surface area contributed by atoms with Gasteiger partial charge < -0.3 is 9.73 Å². The molecule has 1 aliphatic rings. The van der Waals surface area contributed by atoms with E-state index in [0.29, 0.717) is 17.2 Å². The minimum atomic E-state index is -1.38. The number of amides is 4. The lowest BCUT2D eigenvalue weighted by Crippen LogP contribution is -2.44. The fourth-order valence-corrected chi connectivity index (χ4v) is 2.93. The van der Waals surface area contributed by atoms with Gasteiger partial charge in [-0.05, 0) is 38.1 Å². The third-order valence-corrected chi connectivity index (χ3v) is 4.40. The van der Waals surface area contributed by atoms with Crippen molar-refractivity contribution in [2.24, 2.45) is 0 Å². The van der Waals surface area contributed by atoms with Gasteiger partial charge in [0.15, 0.2) is 5.54 Å². The summed E-state index contributed by atoms with van der Waals surface area (Å²) >= 11 is 0. The standard InChI is InChI=1S/C19H18N4O4/c1-13-8-9-15(27-13)19(2)17(25)23(18(26)21-19)12-16(24)22(11-10-20)14-6-4-3-5-7-14/h3-9H,11-12H2,1-2H3,(H,21,26). The average Bonchev–Trinajstić information content (AvgIpc) is 3.18. The molecule has 1 unspecified atom stereocenters. The number of urea groups is 1. The Bertz CT molecular complexity index is 931. The second-order valence-corrected chi connectivity index (χ2v) is 6.33. The molecule has 138 valence electrons. The monoisotopic (exact) mass is 366 g/mol. The van der Waals surface area contributed by atoms with Crippen LogP contribution >= 0.6 is 0 Å². The van der Waals surface area contributed by atoms with Gasteiger partial charge in [-0.25, -0.2) is 4.79 Å². The number of hydrogen-bond acceptors (Lipinski definition) is 5. The minimum Gasteiger partial charge on any atom is -0.463 e. The van der Waals surface area contributed by atoms with Gasteiger partial charge in [0.2, 0.25) is 5.91 Å². The Kier molecular flexibility index (Phi) is 4.69. The molecule has 8 heteroatoms. The number of anilines is 1. The molecule has 0 aliphatic carbocycles. The van der Waals surface area contributed by atoms with Gasteiger partial charge in [-0.3, -0.25) is 19.4 Å². The SMILES string of the molecule is Cc1ccc(C2(C)NC(=O)N(CC(=O)N(CC#N)c3ccccc3)C2=O)o1. The van der Waals surface area contributed by atoms with Crippen LogP contribution in [-0.2, 0) is 15.1 Å². The predicted octanol–water partition coefficient (Wildman–Crippen LogP) is 1.91. The van der Waals surface area contributed by atoms with Crippen LogP contribution in [0.2, 0.25) is 0 Å². The molecule has 8 nitrogen and oxygen atoms in total. The van der Waals surface area contributed by atoms with Crippen molar-refractivity contribution in [3.8, 4) is 6.07 Å². The summed E-state index contributed by atoms with van der Waals surface area (Å²) in [5.74, 6) is -0.219. The van der Waals surface area contributed by atoms with E-state index >= 15 is 0 Å². The number of carbonyl (C=O) groups is 3. The molecule has 1 aromatic carbocycles. The molecular weight excluding hydrogens is 348 g/mol. The second-order valence-electron chi connectivity index (χ2n) is 6.33. The number of hydrogen-bond donors (Lipinski definition) is 1. The van der Waals surface area contributed by atoms with Gasteiger partial charge in [-0.1, -0.05) is 18.2 Å². The Morgan fingerprint density at radius 3 is 2.56 bits per heavy atom. The number of rotatable bonds is 5. The predicted molar refractivity (Wildman–Crippen MR) is 95.4 cm³/mol. The Morgan fingerprint density at radius 1 is 1.26 bits per heavy atom. The number of nitrogens with zero attached hydrogens (tertiary/aromatic N) is 3. The summed E-state index contributed by atoms with van der Waals surface area (Å²) in [5.41, 5.74) is -0.862. The van der Waals surface area contributed by atoms with Crippen LogP contribution in [-0.4, -0.2) is 35.8 Å². The lowest BCUT2D eigenvalue weighted by molar-refractivity contribution is -0.134. The van der Waals surface area contributed by atoms with Crippen molar-refractivity contribution in [1.29, 1.82) is 5.26 Å². The molecule has 3 rings (SSSR count). The Hall–Kier alpha value is -3.60. The van der Waals surface area contributed by atoms with Crippen molar-refractivity contribution < 1.29 is 18.8 Å². The minimum absolute atomic E-state index is 0.193. The van der Waals surface area contributed by atoms with Gasteiger partial charge in [0.1, 0.15) is 24.6 Å². The molecule has 0 saturated carbocycles. The van der Waals surface area contributed by atoms with Crippen LogP contribution in [0.3, 0.4) is 0 Å². The summed E-state index contributed by atoms with van der Waals surface area (Å²) in [7, 11) is 0. The molecule has 0 radical (unpaired) electrons. The molecule has 1 N–H and O–H groups in total. The summed E-state index contributed by atoms with van der Waals surface area (Å²) in [6.07, 6.45) is 0. The van der Waals surface area contributed by atoms with Crippen LogP contribution < -0.4 is 10.2 Å². The van der Waals surface area contributed by atoms with Crippen LogP contribution in [0, 0.1) is 18.3 Å². The average molecular weight is 366 g/mol. The second kappa shape index (κ2) is 6.96. The third kappa shape index (κ3) is 3.27. The van der Waals surface area contributed by atoms with Crippen molar-refractivity contribution in [3.05, 3.63) is 54.0 Å². The van der Waals surface area contributed by atoms with Crippen molar-refractivity contribution >= 4 is 23.5 Å². The highest BCUT2D eigenvalue weighted by atomic mass is 16.3. The number of nitriles is 1. The summed E-state index contributed by atoms with van der Waals surface area (Å²) in [6, 6.07) is 13.2. The molecule has 1 saturated heterocycles. The highest BCUT2D eigenvalue weighted by molar-refractivity contribution is 6.10. The maximum absolute atomic E-state index is 12.8. The van der Waals surface area contributed by atoms with Crippen LogP contribution in [0.15, 0.2) is 46.9 Å². The van der Waals surface area contributed by atoms with Crippen molar-refractivity contribution in [2.75, 3.05) is 18.0 Å². The quantitative estimate of drug-likeness (QED) is 0.643. The Labute approximate surface area is 156 Å². The zero-order valence-corrected chi connectivity index (χ0v) is 14.9. The van der Waals surface area contributed by atoms with E-state index in [9.17, 15) is 14.4 Å². The highest BCUT2D eigenvalue weighted by Crippen LogP contribution is 2.30. The Balaban J connectivity index is 1.82. The van der Waals surface area contributed by atoms with E-state index in [1.165, 1.54) is 11.8 Å². The number of nitrogens with one attached hydrogen (secondary N) is 1. The largest absolute Gasteiger partial charge is 0.463 e. The number of imide groups is 1. The number of carbonyl (C=O) groups excluding carboxylic acids is 3. The van der Waals surface area contributed by atoms with E-state index in [4.69, 9.17) is 9.68 Å². The fourth-order valence-electron chi connectivity index (χ4n) is 2.93. The maximum Gasteiger partial charge on any atom is 0.325 e. The zero-order valence-electron chi connectivity index (χ0n) is 14.9. The Morgan fingerprint density at radius 2 is 1.96 bits per heavy atom. The molecule has 0 spiro atoms. The van der Waals surface area contributed by atoms with E-state index in [1.54, 1.807) is 49.4 Å². The van der Waals surface area contributed by atoms with Crippen LogP contribution in [0.1, 0.15) is 18.4 Å². The normalized spacial score (nSPS) is 18.9. The molecule has 1 fully saturated rings. The van der Waals surface area contributed by atoms with Crippen molar-refractivity contribution in [1.82, 2.24) is 10.2 Å². The summed E-state index contributed by atoms with van der Waals surface area (Å²) in [6.45, 7) is 2.59. The van der Waals surface area contributed by atoms with Gasteiger partial charge in [0.25, 0.3) is 5.91 Å². The molecule has 2 aromatic rings. The van der Waals surface area contributed by atoms with Crippen molar-refractivity contribution in [2.45, 2.75) is 19.4 Å². The first-order valence-electron chi connectivity index (χ1n) is 8.30. The third-order valence-electron chi connectivity index (χ3n) is 4.40. The van der Waals surface area contributed by atoms with E-state index in [-0.39, 0.29) is 6.54 Å². The van der Waals surface area contributed by atoms with E-state index in [1.807, 2.05) is 6.07 Å². The van der Waals surface area contributed by atoms with Gasteiger partial charge in [0.05, 0.1) is 6.07 Å². The number of benzene rings is 1. The van der Waals surface area contributed by atoms with E-state index < -0.39 is 29.9 Å². The van der Waals surface area contributed by atoms with Crippen LogP contribution in [0.25, 0.3) is 0 Å². The molecule has 0 bridgehead atoms. The highest BCUT2D eigenvalue weighted by Gasteiger charge is 2.51. The van der Waals surface area contributed by atoms with Crippen molar-refractivity contribution in [3.63, 3.8) is 0 Å². The molecule has 1 atom stereocenters. The summed E-state index contributed by atoms with van der Waals surface area (Å²) in [4.78, 5) is 40.0. The number of para-hydroxylation sites is 1. The molecular formula is C19H18N4O4. The maximum atomic E-state index is 12.8.